The van der Waals surface area contributed by atoms with Crippen molar-refractivity contribution in [2.75, 3.05) is 19.6 Å². The summed E-state index contributed by atoms with van der Waals surface area (Å²) in [6.07, 6.45) is 2.50. The quantitative estimate of drug-likeness (QED) is 0.910. The van der Waals surface area contributed by atoms with Crippen molar-refractivity contribution in [1.29, 1.82) is 0 Å². The highest BCUT2D eigenvalue weighted by Gasteiger charge is 2.18. The van der Waals surface area contributed by atoms with E-state index in [9.17, 15) is 0 Å². The molecule has 1 fully saturated rings. The van der Waals surface area contributed by atoms with Gasteiger partial charge in [0.1, 0.15) is 0 Å². The predicted molar refractivity (Wildman–Crippen MR) is 78.4 cm³/mol. The van der Waals surface area contributed by atoms with Crippen molar-refractivity contribution in [2.24, 2.45) is 0 Å². The SMILES string of the molecule is CCN1CCCC(NCc2c(Cl)cccc2Cl)C1. The summed E-state index contributed by atoms with van der Waals surface area (Å²) in [6, 6.07) is 6.21. The molecule has 1 aromatic carbocycles. The van der Waals surface area contributed by atoms with E-state index < -0.39 is 0 Å². The van der Waals surface area contributed by atoms with Gasteiger partial charge in [0.2, 0.25) is 0 Å². The van der Waals surface area contributed by atoms with Gasteiger partial charge in [0.05, 0.1) is 0 Å². The van der Waals surface area contributed by atoms with Gasteiger partial charge in [-0.15, -0.1) is 0 Å². The first kappa shape index (κ1) is 14.1. The topological polar surface area (TPSA) is 15.3 Å². The molecule has 4 heteroatoms. The molecule has 0 aromatic heterocycles. The van der Waals surface area contributed by atoms with E-state index in [1.54, 1.807) is 0 Å². The van der Waals surface area contributed by atoms with E-state index in [0.29, 0.717) is 6.04 Å². The molecule has 100 valence electrons. The summed E-state index contributed by atoms with van der Waals surface area (Å²) in [5.74, 6) is 0. The largest absolute Gasteiger partial charge is 0.309 e. The zero-order valence-electron chi connectivity index (χ0n) is 10.8. The van der Waals surface area contributed by atoms with Gasteiger partial charge in [-0.3, -0.25) is 0 Å². The van der Waals surface area contributed by atoms with E-state index in [-0.39, 0.29) is 0 Å². The maximum atomic E-state index is 6.17. The zero-order valence-corrected chi connectivity index (χ0v) is 12.3. The van der Waals surface area contributed by atoms with Gasteiger partial charge in [-0.25, -0.2) is 0 Å². The Morgan fingerprint density at radius 1 is 1.33 bits per heavy atom. The first-order chi connectivity index (χ1) is 8.70. The first-order valence-corrected chi connectivity index (χ1v) is 7.35. The van der Waals surface area contributed by atoms with Crippen molar-refractivity contribution in [3.8, 4) is 0 Å². The number of nitrogens with one attached hydrogen (secondary N) is 1. The maximum Gasteiger partial charge on any atom is 0.0465 e. The van der Waals surface area contributed by atoms with Crippen LogP contribution in [0, 0.1) is 0 Å². The first-order valence-electron chi connectivity index (χ1n) is 6.59. The number of hydrogen-bond donors (Lipinski definition) is 1. The summed E-state index contributed by atoms with van der Waals surface area (Å²) < 4.78 is 0. The Balaban J connectivity index is 1.91. The lowest BCUT2D eigenvalue weighted by atomic mass is 10.1. The van der Waals surface area contributed by atoms with E-state index in [2.05, 4.69) is 17.1 Å². The van der Waals surface area contributed by atoms with Gasteiger partial charge in [0.25, 0.3) is 0 Å². The van der Waals surface area contributed by atoms with Gasteiger partial charge in [-0.1, -0.05) is 36.2 Å². The lowest BCUT2D eigenvalue weighted by molar-refractivity contribution is 0.198. The lowest BCUT2D eigenvalue weighted by Gasteiger charge is -2.32. The van der Waals surface area contributed by atoms with Crippen LogP contribution in [0.4, 0.5) is 0 Å². The van der Waals surface area contributed by atoms with Crippen LogP contribution >= 0.6 is 23.2 Å². The summed E-state index contributed by atoms with van der Waals surface area (Å²) >= 11 is 12.3. The minimum absolute atomic E-state index is 0.547. The van der Waals surface area contributed by atoms with Gasteiger partial charge in [-0.2, -0.15) is 0 Å². The van der Waals surface area contributed by atoms with E-state index in [4.69, 9.17) is 23.2 Å². The summed E-state index contributed by atoms with van der Waals surface area (Å²) in [6.45, 7) is 6.44. The molecule has 1 aromatic rings. The van der Waals surface area contributed by atoms with Crippen molar-refractivity contribution in [3.63, 3.8) is 0 Å². The molecule has 1 unspecified atom stereocenters. The average Bonchev–Trinajstić information content (AvgIpc) is 2.38. The van der Waals surface area contributed by atoms with Crippen molar-refractivity contribution in [2.45, 2.75) is 32.4 Å². The third-order valence-electron chi connectivity index (χ3n) is 3.58. The minimum Gasteiger partial charge on any atom is -0.309 e. The van der Waals surface area contributed by atoms with Gasteiger partial charge in [0.15, 0.2) is 0 Å². The van der Waals surface area contributed by atoms with Crippen LogP contribution < -0.4 is 5.32 Å². The van der Waals surface area contributed by atoms with Crippen molar-refractivity contribution < 1.29 is 0 Å². The van der Waals surface area contributed by atoms with Gasteiger partial charge in [-0.05, 0) is 38.1 Å². The van der Waals surface area contributed by atoms with Gasteiger partial charge < -0.3 is 10.2 Å². The van der Waals surface area contributed by atoms with Crippen LogP contribution in [-0.4, -0.2) is 30.6 Å². The van der Waals surface area contributed by atoms with Crippen molar-refractivity contribution in [3.05, 3.63) is 33.8 Å². The average molecular weight is 287 g/mol. The zero-order chi connectivity index (χ0) is 13.0. The Bertz CT molecular complexity index is 375. The Morgan fingerprint density at radius 2 is 2.06 bits per heavy atom. The molecule has 0 spiro atoms. The number of likely N-dealkylation sites (N-methyl/N-ethyl adjacent to an activating group) is 1. The molecule has 2 nitrogen and oxygen atoms in total. The fourth-order valence-corrected chi connectivity index (χ4v) is 2.99. The highest BCUT2D eigenvalue weighted by Crippen LogP contribution is 2.24. The van der Waals surface area contributed by atoms with Crippen LogP contribution in [0.3, 0.4) is 0 Å². The summed E-state index contributed by atoms with van der Waals surface area (Å²) in [5, 5.41) is 5.07. The van der Waals surface area contributed by atoms with Crippen LogP contribution in [0.2, 0.25) is 10.0 Å². The van der Waals surface area contributed by atoms with E-state index in [0.717, 1.165) is 35.2 Å². The molecule has 1 saturated heterocycles. The normalized spacial score (nSPS) is 21.2. The second-order valence-corrected chi connectivity index (χ2v) is 5.63. The maximum absolute atomic E-state index is 6.17. The molecule has 0 radical (unpaired) electrons. The number of benzene rings is 1. The predicted octanol–water partition coefficient (Wildman–Crippen LogP) is 3.57. The molecular weight excluding hydrogens is 267 g/mol. The molecule has 2 rings (SSSR count). The second-order valence-electron chi connectivity index (χ2n) is 4.81. The number of likely N-dealkylation sites (tertiary alicyclic amines) is 1. The molecule has 1 aliphatic heterocycles. The molecule has 0 bridgehead atoms. The summed E-state index contributed by atoms with van der Waals surface area (Å²) in [5.41, 5.74) is 1.01. The third-order valence-corrected chi connectivity index (χ3v) is 4.29. The van der Waals surface area contributed by atoms with Crippen LogP contribution in [0.1, 0.15) is 25.3 Å². The van der Waals surface area contributed by atoms with E-state index >= 15 is 0 Å². The van der Waals surface area contributed by atoms with Crippen LogP contribution in [0.5, 0.6) is 0 Å². The van der Waals surface area contributed by atoms with Gasteiger partial charge >= 0.3 is 0 Å². The Labute approximate surface area is 119 Å². The molecule has 1 atom stereocenters. The van der Waals surface area contributed by atoms with Crippen molar-refractivity contribution >= 4 is 23.2 Å². The lowest BCUT2D eigenvalue weighted by Crippen LogP contribution is -2.45. The summed E-state index contributed by atoms with van der Waals surface area (Å²) in [7, 11) is 0. The van der Waals surface area contributed by atoms with E-state index in [1.165, 1.54) is 19.4 Å². The van der Waals surface area contributed by atoms with Gasteiger partial charge in [0, 0.05) is 34.7 Å². The van der Waals surface area contributed by atoms with Crippen molar-refractivity contribution in [1.82, 2.24) is 10.2 Å². The molecule has 0 saturated carbocycles. The number of hydrogen-bond acceptors (Lipinski definition) is 2. The fourth-order valence-electron chi connectivity index (χ4n) is 2.46. The smallest absolute Gasteiger partial charge is 0.0465 e. The molecule has 0 amide bonds. The number of rotatable bonds is 4. The van der Waals surface area contributed by atoms with E-state index in [1.807, 2.05) is 18.2 Å². The summed E-state index contributed by atoms with van der Waals surface area (Å²) in [4.78, 5) is 2.48. The monoisotopic (exact) mass is 286 g/mol. The van der Waals surface area contributed by atoms with Crippen LogP contribution in [0.15, 0.2) is 18.2 Å². The number of halogens is 2. The molecule has 18 heavy (non-hydrogen) atoms. The number of nitrogens with zero attached hydrogens (tertiary/aromatic N) is 1. The standard InChI is InChI=1S/C14H20Cl2N2/c1-2-18-8-4-5-11(10-18)17-9-12-13(15)6-3-7-14(12)16/h3,6-7,11,17H,2,4-5,8-10H2,1H3. The Hall–Kier alpha value is -0.280. The van der Waals surface area contributed by atoms with Crippen LogP contribution in [-0.2, 0) is 6.54 Å². The molecule has 1 aliphatic rings. The fraction of sp³-hybridized carbons (Fsp3) is 0.571. The molecule has 1 heterocycles. The minimum atomic E-state index is 0.547. The third kappa shape index (κ3) is 3.61. The Kier molecular flexibility index (Phi) is 5.31. The molecule has 0 aliphatic carbocycles. The highest BCUT2D eigenvalue weighted by molar-refractivity contribution is 6.35. The molecular formula is C14H20Cl2N2. The second kappa shape index (κ2) is 6.76. The Morgan fingerprint density at radius 3 is 2.72 bits per heavy atom. The number of piperidine rings is 1. The highest BCUT2D eigenvalue weighted by atomic mass is 35.5. The van der Waals surface area contributed by atoms with Crippen LogP contribution in [0.25, 0.3) is 0 Å². The molecule has 1 N–H and O–H groups in total.